The summed E-state index contributed by atoms with van der Waals surface area (Å²) >= 11 is 0. The minimum absolute atomic E-state index is 0.0763. The normalized spacial score (nSPS) is 12.0. The fraction of sp³-hybridized carbons (Fsp3) is 0.192. The van der Waals surface area contributed by atoms with Gasteiger partial charge < -0.3 is 9.88 Å². The van der Waals surface area contributed by atoms with Crippen LogP contribution in [0.15, 0.2) is 72.8 Å². The molecule has 0 atom stereocenters. The number of carbonyl (C=O) groups is 1. The fourth-order valence-electron chi connectivity index (χ4n) is 3.94. The zero-order valence-corrected chi connectivity index (χ0v) is 17.9. The summed E-state index contributed by atoms with van der Waals surface area (Å²) in [6.07, 6.45) is 0. The van der Waals surface area contributed by atoms with Crippen molar-refractivity contribution in [2.24, 2.45) is 0 Å². The van der Waals surface area contributed by atoms with E-state index in [9.17, 15) is 4.79 Å². The maximum atomic E-state index is 12.9. The molecule has 0 radical (unpaired) electrons. The second-order valence-corrected chi connectivity index (χ2v) is 8.86. The van der Waals surface area contributed by atoms with E-state index >= 15 is 0 Å². The largest absolute Gasteiger partial charge is 0.325 e. The molecule has 0 aliphatic rings. The number of hydrogen-bond donors (Lipinski definition) is 1. The molecule has 0 fully saturated rings. The summed E-state index contributed by atoms with van der Waals surface area (Å²) in [4.78, 5) is 22.6. The molecule has 0 unspecified atom stereocenters. The number of anilines is 1. The van der Waals surface area contributed by atoms with Crippen molar-refractivity contribution in [3.05, 3.63) is 78.4 Å². The van der Waals surface area contributed by atoms with Crippen molar-refractivity contribution in [3.8, 4) is 0 Å². The zero-order chi connectivity index (χ0) is 21.6. The van der Waals surface area contributed by atoms with Crippen LogP contribution in [0.5, 0.6) is 0 Å². The highest BCUT2D eigenvalue weighted by molar-refractivity contribution is 6.07. The topological polar surface area (TPSA) is 59.8 Å². The van der Waals surface area contributed by atoms with Gasteiger partial charge in [0.05, 0.1) is 16.6 Å². The number of nitrogens with zero attached hydrogens (tertiary/aromatic N) is 3. The van der Waals surface area contributed by atoms with Crippen LogP contribution in [-0.4, -0.2) is 20.4 Å². The van der Waals surface area contributed by atoms with Gasteiger partial charge in [0.1, 0.15) is 12.1 Å². The van der Waals surface area contributed by atoms with Crippen molar-refractivity contribution < 1.29 is 4.79 Å². The van der Waals surface area contributed by atoms with Gasteiger partial charge in [-0.1, -0.05) is 63.2 Å². The highest BCUT2D eigenvalue weighted by Crippen LogP contribution is 2.28. The third-order valence-electron chi connectivity index (χ3n) is 5.59. The van der Waals surface area contributed by atoms with Crippen LogP contribution in [0.25, 0.3) is 33.1 Å². The number of carbonyl (C=O) groups excluding carboxylic acids is 1. The average Bonchev–Trinajstić information content (AvgIpc) is 3.05. The van der Waals surface area contributed by atoms with E-state index in [1.54, 1.807) is 0 Å². The van der Waals surface area contributed by atoms with Gasteiger partial charge in [0.15, 0.2) is 5.65 Å². The van der Waals surface area contributed by atoms with Crippen LogP contribution in [0.3, 0.4) is 0 Å². The predicted molar refractivity (Wildman–Crippen MR) is 126 cm³/mol. The summed E-state index contributed by atoms with van der Waals surface area (Å²) in [5, 5.41) is 4.02. The summed E-state index contributed by atoms with van der Waals surface area (Å²) in [5.74, 6) is -0.0962. The van der Waals surface area contributed by atoms with Gasteiger partial charge in [-0.05, 0) is 41.3 Å². The van der Waals surface area contributed by atoms with Crippen molar-refractivity contribution >= 4 is 44.7 Å². The van der Waals surface area contributed by atoms with Gasteiger partial charge in [-0.15, -0.1) is 0 Å². The SMILES string of the molecule is CC(C)(C)c1ccc(NC(=O)Cn2c3ccccc3c3nc4ccccc4nc32)cc1. The molecule has 3 aromatic carbocycles. The zero-order valence-electron chi connectivity index (χ0n) is 17.9. The Bertz CT molecular complexity index is 1430. The molecule has 0 aliphatic carbocycles. The van der Waals surface area contributed by atoms with Crippen molar-refractivity contribution in [1.29, 1.82) is 0 Å². The smallest absolute Gasteiger partial charge is 0.244 e. The standard InChI is InChI=1S/C26H24N4O/c1-26(2,3)17-12-14-18(15-13-17)27-23(31)16-30-22-11-7-4-8-19(22)24-25(30)29-21-10-6-5-9-20(21)28-24/h4-15H,16H2,1-3H3,(H,27,31). The van der Waals surface area contributed by atoms with Crippen molar-refractivity contribution in [2.75, 3.05) is 5.32 Å². The molecule has 0 saturated carbocycles. The highest BCUT2D eigenvalue weighted by Gasteiger charge is 2.17. The minimum Gasteiger partial charge on any atom is -0.325 e. The molecule has 0 spiro atoms. The summed E-state index contributed by atoms with van der Waals surface area (Å²) < 4.78 is 1.95. The molecule has 5 nitrogen and oxygen atoms in total. The van der Waals surface area contributed by atoms with Crippen LogP contribution in [0.4, 0.5) is 5.69 Å². The van der Waals surface area contributed by atoms with Crippen LogP contribution >= 0.6 is 0 Å². The monoisotopic (exact) mass is 408 g/mol. The molecule has 154 valence electrons. The quantitative estimate of drug-likeness (QED) is 0.418. The Hall–Kier alpha value is -3.73. The molecule has 0 saturated heterocycles. The minimum atomic E-state index is -0.0962. The van der Waals surface area contributed by atoms with Crippen LogP contribution in [0, 0.1) is 0 Å². The van der Waals surface area contributed by atoms with Gasteiger partial charge in [-0.3, -0.25) is 4.79 Å². The lowest BCUT2D eigenvalue weighted by Gasteiger charge is -2.19. The van der Waals surface area contributed by atoms with E-state index in [4.69, 9.17) is 9.97 Å². The Balaban J connectivity index is 1.52. The first kappa shape index (κ1) is 19.2. The molecule has 0 aliphatic heterocycles. The third kappa shape index (κ3) is 3.52. The van der Waals surface area contributed by atoms with Crippen LogP contribution in [-0.2, 0) is 16.8 Å². The molecule has 5 heteroatoms. The molecule has 2 heterocycles. The molecule has 0 bridgehead atoms. The van der Waals surface area contributed by atoms with Crippen LogP contribution in [0.2, 0.25) is 0 Å². The summed E-state index contributed by atoms with van der Waals surface area (Å²) in [5.41, 5.74) is 6.25. The summed E-state index contributed by atoms with van der Waals surface area (Å²) in [6.45, 7) is 6.69. The Morgan fingerprint density at radius 3 is 2.23 bits per heavy atom. The van der Waals surface area contributed by atoms with E-state index < -0.39 is 0 Å². The van der Waals surface area contributed by atoms with E-state index in [0.29, 0.717) is 0 Å². The number of fused-ring (bicyclic) bond motifs is 4. The van der Waals surface area contributed by atoms with Crippen LogP contribution in [0.1, 0.15) is 26.3 Å². The molecule has 5 rings (SSSR count). The first-order chi connectivity index (χ1) is 14.9. The van der Waals surface area contributed by atoms with Gasteiger partial charge in [-0.25, -0.2) is 9.97 Å². The molecule has 5 aromatic rings. The molecule has 1 amide bonds. The lowest BCUT2D eigenvalue weighted by atomic mass is 9.87. The van der Waals surface area contributed by atoms with Crippen LogP contribution < -0.4 is 5.32 Å². The number of benzene rings is 3. The van der Waals surface area contributed by atoms with Crippen molar-refractivity contribution in [2.45, 2.75) is 32.7 Å². The van der Waals surface area contributed by atoms with E-state index in [-0.39, 0.29) is 17.9 Å². The molecule has 1 N–H and O–H groups in total. The van der Waals surface area contributed by atoms with E-state index in [1.807, 2.05) is 65.2 Å². The van der Waals surface area contributed by atoms with Gasteiger partial charge in [0.25, 0.3) is 0 Å². The Labute approximate surface area is 180 Å². The molecular formula is C26H24N4O. The number of rotatable bonds is 3. The van der Waals surface area contributed by atoms with E-state index in [0.717, 1.165) is 38.8 Å². The Morgan fingerprint density at radius 1 is 0.871 bits per heavy atom. The van der Waals surface area contributed by atoms with Gasteiger partial charge in [0.2, 0.25) is 5.91 Å². The molecule has 31 heavy (non-hydrogen) atoms. The number of hydrogen-bond acceptors (Lipinski definition) is 3. The average molecular weight is 409 g/mol. The number of aromatic nitrogens is 3. The lowest BCUT2D eigenvalue weighted by molar-refractivity contribution is -0.116. The second-order valence-electron chi connectivity index (χ2n) is 8.86. The first-order valence-corrected chi connectivity index (χ1v) is 10.4. The summed E-state index contributed by atoms with van der Waals surface area (Å²) in [7, 11) is 0. The molecular weight excluding hydrogens is 384 g/mol. The second kappa shape index (κ2) is 7.20. The number of para-hydroxylation sites is 3. The van der Waals surface area contributed by atoms with Gasteiger partial charge >= 0.3 is 0 Å². The van der Waals surface area contributed by atoms with Gasteiger partial charge in [0, 0.05) is 11.1 Å². The number of amides is 1. The Kier molecular flexibility index (Phi) is 4.47. The summed E-state index contributed by atoms with van der Waals surface area (Å²) in [6, 6.07) is 23.8. The third-order valence-corrected chi connectivity index (χ3v) is 5.59. The Morgan fingerprint density at radius 2 is 1.52 bits per heavy atom. The highest BCUT2D eigenvalue weighted by atomic mass is 16.1. The first-order valence-electron chi connectivity index (χ1n) is 10.4. The predicted octanol–water partition coefficient (Wildman–Crippen LogP) is 5.67. The van der Waals surface area contributed by atoms with E-state index in [1.165, 1.54) is 5.56 Å². The maximum absolute atomic E-state index is 12.9. The maximum Gasteiger partial charge on any atom is 0.244 e. The fourth-order valence-corrected chi connectivity index (χ4v) is 3.94. The van der Waals surface area contributed by atoms with Crippen molar-refractivity contribution in [1.82, 2.24) is 14.5 Å². The lowest BCUT2D eigenvalue weighted by Crippen LogP contribution is -2.19. The number of nitrogens with one attached hydrogen (secondary N) is 1. The van der Waals surface area contributed by atoms with Gasteiger partial charge in [-0.2, -0.15) is 0 Å². The van der Waals surface area contributed by atoms with Crippen molar-refractivity contribution in [3.63, 3.8) is 0 Å². The molecule has 2 aromatic heterocycles. The van der Waals surface area contributed by atoms with E-state index in [2.05, 4.69) is 38.2 Å².